The van der Waals surface area contributed by atoms with Crippen LogP contribution in [0.15, 0.2) is 0 Å². The van der Waals surface area contributed by atoms with E-state index in [0.717, 1.165) is 12.8 Å². The third kappa shape index (κ3) is 3.70. The molecule has 98 valence electrons. The van der Waals surface area contributed by atoms with Gasteiger partial charge in [-0.2, -0.15) is 0 Å². The molecule has 0 aromatic heterocycles. The molecule has 0 spiro atoms. The van der Waals surface area contributed by atoms with Crippen LogP contribution >= 0.6 is 0 Å². The zero-order valence-electron chi connectivity index (χ0n) is 10.7. The molecule has 1 heterocycles. The topological polar surface area (TPSA) is 64.6 Å². The second-order valence-electron chi connectivity index (χ2n) is 4.46. The van der Waals surface area contributed by atoms with E-state index in [1.807, 2.05) is 13.8 Å². The molecule has 5 nitrogen and oxygen atoms in total. The quantitative estimate of drug-likeness (QED) is 0.723. The molecular formula is C12H21NO4. The minimum atomic E-state index is -0.557. The second kappa shape index (κ2) is 6.59. The molecule has 0 aliphatic carbocycles. The van der Waals surface area contributed by atoms with Crippen LogP contribution in [0.4, 0.5) is 0 Å². The summed E-state index contributed by atoms with van der Waals surface area (Å²) in [4.78, 5) is 23.5. The van der Waals surface area contributed by atoms with Crippen molar-refractivity contribution >= 4 is 11.9 Å². The Labute approximate surface area is 102 Å². The van der Waals surface area contributed by atoms with E-state index >= 15 is 0 Å². The Morgan fingerprint density at radius 2 is 2.24 bits per heavy atom. The zero-order valence-corrected chi connectivity index (χ0v) is 10.7. The van der Waals surface area contributed by atoms with E-state index in [1.165, 1.54) is 7.11 Å². The number of rotatable bonds is 5. The van der Waals surface area contributed by atoms with Gasteiger partial charge in [0.25, 0.3) is 0 Å². The first-order valence-corrected chi connectivity index (χ1v) is 6.06. The van der Waals surface area contributed by atoms with Crippen LogP contribution in [-0.2, 0) is 19.1 Å². The number of ether oxygens (including phenoxy) is 2. The van der Waals surface area contributed by atoms with Gasteiger partial charge in [0.05, 0.1) is 19.6 Å². The summed E-state index contributed by atoms with van der Waals surface area (Å²) in [6.07, 6.45) is 1.53. The van der Waals surface area contributed by atoms with E-state index < -0.39 is 6.04 Å². The van der Waals surface area contributed by atoms with Crippen LogP contribution in [0.1, 0.15) is 26.7 Å². The normalized spacial score (nSPS) is 22.9. The van der Waals surface area contributed by atoms with Gasteiger partial charge in [-0.15, -0.1) is 0 Å². The molecule has 1 amide bonds. The minimum absolute atomic E-state index is 0.0636. The average Bonchev–Trinajstić information content (AvgIpc) is 2.87. The lowest BCUT2D eigenvalue weighted by Crippen LogP contribution is -2.47. The number of carbonyl (C=O) groups excluding carboxylic acids is 2. The number of amides is 1. The maximum absolute atomic E-state index is 11.9. The number of methoxy groups -OCH3 is 1. The van der Waals surface area contributed by atoms with Crippen LogP contribution in [0.3, 0.4) is 0 Å². The summed E-state index contributed by atoms with van der Waals surface area (Å²) in [6.45, 7) is 4.96. The van der Waals surface area contributed by atoms with Crippen molar-refractivity contribution in [3.63, 3.8) is 0 Å². The van der Waals surface area contributed by atoms with Crippen molar-refractivity contribution in [3.05, 3.63) is 0 Å². The molecule has 1 aliphatic rings. The Bertz CT molecular complexity index is 274. The lowest BCUT2D eigenvalue weighted by atomic mass is 9.98. The molecule has 1 fully saturated rings. The van der Waals surface area contributed by atoms with Crippen LogP contribution in [0.25, 0.3) is 0 Å². The maximum atomic E-state index is 11.9. The second-order valence-corrected chi connectivity index (χ2v) is 4.46. The third-order valence-electron chi connectivity index (χ3n) is 3.27. The van der Waals surface area contributed by atoms with Crippen molar-refractivity contribution in [2.45, 2.75) is 32.7 Å². The van der Waals surface area contributed by atoms with Crippen molar-refractivity contribution in [2.75, 3.05) is 20.3 Å². The standard InChI is InChI=1S/C12H21NO4/c1-4-8(2)10(12(15)16-3)13-11(14)9-5-6-17-7-9/h8-10H,4-7H2,1-3H3,(H,13,14)/t8-,9+,10+/m0/s1. The first-order chi connectivity index (χ1) is 8.10. The van der Waals surface area contributed by atoms with Gasteiger partial charge in [0, 0.05) is 6.61 Å². The van der Waals surface area contributed by atoms with E-state index in [4.69, 9.17) is 9.47 Å². The molecule has 0 radical (unpaired) electrons. The van der Waals surface area contributed by atoms with Gasteiger partial charge < -0.3 is 14.8 Å². The molecule has 1 N–H and O–H groups in total. The summed E-state index contributed by atoms with van der Waals surface area (Å²) in [5.74, 6) is -0.565. The molecule has 1 saturated heterocycles. The fourth-order valence-electron chi connectivity index (χ4n) is 1.81. The van der Waals surface area contributed by atoms with Crippen molar-refractivity contribution in [2.24, 2.45) is 11.8 Å². The van der Waals surface area contributed by atoms with Crippen LogP contribution in [0.5, 0.6) is 0 Å². The van der Waals surface area contributed by atoms with E-state index in [-0.39, 0.29) is 23.7 Å². The predicted octanol–water partition coefficient (Wildman–Crippen LogP) is 0.727. The van der Waals surface area contributed by atoms with Gasteiger partial charge in [-0.25, -0.2) is 4.79 Å². The van der Waals surface area contributed by atoms with Gasteiger partial charge in [-0.1, -0.05) is 20.3 Å². The van der Waals surface area contributed by atoms with Crippen LogP contribution in [-0.4, -0.2) is 38.2 Å². The Morgan fingerprint density at radius 3 is 2.71 bits per heavy atom. The van der Waals surface area contributed by atoms with Crippen molar-refractivity contribution < 1.29 is 19.1 Å². The molecule has 3 atom stereocenters. The van der Waals surface area contributed by atoms with Crippen LogP contribution in [0, 0.1) is 11.8 Å². The summed E-state index contributed by atoms with van der Waals surface area (Å²) < 4.78 is 9.87. The Hall–Kier alpha value is -1.10. The van der Waals surface area contributed by atoms with Crippen molar-refractivity contribution in [3.8, 4) is 0 Å². The summed E-state index contributed by atoms with van der Waals surface area (Å²) in [5.41, 5.74) is 0. The molecule has 1 rings (SSSR count). The number of hydrogen-bond acceptors (Lipinski definition) is 4. The van der Waals surface area contributed by atoms with Crippen molar-refractivity contribution in [1.82, 2.24) is 5.32 Å². The first kappa shape index (κ1) is 14.0. The molecule has 0 aromatic carbocycles. The first-order valence-electron chi connectivity index (χ1n) is 6.06. The summed E-state index contributed by atoms with van der Waals surface area (Å²) >= 11 is 0. The maximum Gasteiger partial charge on any atom is 0.328 e. The molecule has 1 aliphatic heterocycles. The highest BCUT2D eigenvalue weighted by Crippen LogP contribution is 2.15. The molecule has 17 heavy (non-hydrogen) atoms. The fraction of sp³-hybridized carbons (Fsp3) is 0.833. The van der Waals surface area contributed by atoms with Gasteiger partial charge in [0.15, 0.2) is 0 Å². The molecule has 0 unspecified atom stereocenters. The SMILES string of the molecule is CC[C@H](C)[C@@H](NC(=O)[C@@H]1CCOC1)C(=O)OC. The van der Waals surface area contributed by atoms with Gasteiger partial charge in [-0.3, -0.25) is 4.79 Å². The monoisotopic (exact) mass is 243 g/mol. The molecule has 0 bridgehead atoms. The number of nitrogens with one attached hydrogen (secondary N) is 1. The molecule has 0 aromatic rings. The number of carbonyl (C=O) groups is 2. The van der Waals surface area contributed by atoms with E-state index in [0.29, 0.717) is 13.2 Å². The highest BCUT2D eigenvalue weighted by atomic mass is 16.5. The highest BCUT2D eigenvalue weighted by Gasteiger charge is 2.31. The van der Waals surface area contributed by atoms with Crippen molar-refractivity contribution in [1.29, 1.82) is 0 Å². The molecule has 5 heteroatoms. The smallest absolute Gasteiger partial charge is 0.328 e. The zero-order chi connectivity index (χ0) is 12.8. The summed E-state index contributed by atoms with van der Waals surface area (Å²) in [6, 6.07) is -0.557. The van der Waals surface area contributed by atoms with Crippen LogP contribution < -0.4 is 5.32 Å². The fourth-order valence-corrected chi connectivity index (χ4v) is 1.81. The minimum Gasteiger partial charge on any atom is -0.467 e. The lowest BCUT2D eigenvalue weighted by molar-refractivity contribution is -0.147. The Kier molecular flexibility index (Phi) is 5.41. The van der Waals surface area contributed by atoms with Crippen LogP contribution in [0.2, 0.25) is 0 Å². The summed E-state index contributed by atoms with van der Waals surface area (Å²) in [5, 5.41) is 2.77. The number of esters is 1. The van der Waals surface area contributed by atoms with Gasteiger partial charge in [0.2, 0.25) is 5.91 Å². The molecule has 0 saturated carbocycles. The van der Waals surface area contributed by atoms with Gasteiger partial charge >= 0.3 is 5.97 Å². The van der Waals surface area contributed by atoms with Gasteiger partial charge in [0.1, 0.15) is 6.04 Å². The Morgan fingerprint density at radius 1 is 1.53 bits per heavy atom. The Balaban J connectivity index is 2.58. The van der Waals surface area contributed by atoms with E-state index in [1.54, 1.807) is 0 Å². The largest absolute Gasteiger partial charge is 0.467 e. The number of hydrogen-bond donors (Lipinski definition) is 1. The predicted molar refractivity (Wildman–Crippen MR) is 62.3 cm³/mol. The average molecular weight is 243 g/mol. The van der Waals surface area contributed by atoms with E-state index in [2.05, 4.69) is 5.32 Å². The summed E-state index contributed by atoms with van der Waals surface area (Å²) in [7, 11) is 1.34. The third-order valence-corrected chi connectivity index (χ3v) is 3.27. The highest BCUT2D eigenvalue weighted by molar-refractivity contribution is 5.86. The lowest BCUT2D eigenvalue weighted by Gasteiger charge is -2.23. The van der Waals surface area contributed by atoms with E-state index in [9.17, 15) is 9.59 Å². The molecular weight excluding hydrogens is 222 g/mol. The van der Waals surface area contributed by atoms with Gasteiger partial charge in [-0.05, 0) is 12.3 Å².